The molecule has 0 saturated carbocycles. The minimum Gasteiger partial charge on any atom is -0.481 e. The number of hydrogen-bond acceptors (Lipinski definition) is 4. The van der Waals surface area contributed by atoms with Crippen LogP contribution in [0.25, 0.3) is 0 Å². The van der Waals surface area contributed by atoms with Crippen LogP contribution in [0.5, 0.6) is 0 Å². The van der Waals surface area contributed by atoms with Crippen LogP contribution in [0, 0.1) is 0 Å². The molecule has 1 aromatic rings. The normalized spacial score (nSPS) is 16.8. The van der Waals surface area contributed by atoms with Crippen molar-refractivity contribution in [3.8, 4) is 0 Å². The molecule has 0 amide bonds. The van der Waals surface area contributed by atoms with E-state index in [2.05, 4.69) is 9.80 Å². The zero-order valence-electron chi connectivity index (χ0n) is 11.9. The summed E-state index contributed by atoms with van der Waals surface area (Å²) in [6.45, 7) is 4.96. The van der Waals surface area contributed by atoms with Crippen molar-refractivity contribution in [1.29, 1.82) is 0 Å². The Bertz CT molecular complexity index is 493. The highest BCUT2D eigenvalue weighted by molar-refractivity contribution is 5.87. The highest BCUT2D eigenvalue weighted by Crippen LogP contribution is 2.10. The highest BCUT2D eigenvalue weighted by atomic mass is 16.4. The summed E-state index contributed by atoms with van der Waals surface area (Å²) in [6.07, 6.45) is 0.191. The predicted octanol–water partition coefficient (Wildman–Crippen LogP) is 0.977. The lowest BCUT2D eigenvalue weighted by molar-refractivity contribution is -0.137. The monoisotopic (exact) mass is 292 g/mol. The van der Waals surface area contributed by atoms with Gasteiger partial charge in [0.05, 0.1) is 12.0 Å². The molecule has 6 nitrogen and oxygen atoms in total. The number of aliphatic carboxylic acids is 1. The Morgan fingerprint density at radius 3 is 2.05 bits per heavy atom. The predicted molar refractivity (Wildman–Crippen MR) is 77.4 cm³/mol. The maximum Gasteiger partial charge on any atom is 0.335 e. The SMILES string of the molecule is O=C(O)CCN1CCN(Cc2ccc(C(=O)O)cc2)CC1. The molecular formula is C15H20N2O4. The van der Waals surface area contributed by atoms with E-state index in [0.29, 0.717) is 12.1 Å². The first-order valence-electron chi connectivity index (χ1n) is 7.03. The summed E-state index contributed by atoms with van der Waals surface area (Å²) in [5, 5.41) is 17.5. The molecule has 6 heteroatoms. The first kappa shape index (κ1) is 15.5. The van der Waals surface area contributed by atoms with E-state index in [1.54, 1.807) is 12.1 Å². The van der Waals surface area contributed by atoms with Gasteiger partial charge in [-0.1, -0.05) is 12.1 Å². The molecule has 1 aliphatic rings. The van der Waals surface area contributed by atoms with Gasteiger partial charge in [-0.2, -0.15) is 0 Å². The summed E-state index contributed by atoms with van der Waals surface area (Å²) in [5.41, 5.74) is 1.40. The largest absolute Gasteiger partial charge is 0.481 e. The lowest BCUT2D eigenvalue weighted by atomic mass is 10.1. The summed E-state index contributed by atoms with van der Waals surface area (Å²) >= 11 is 0. The molecule has 0 radical (unpaired) electrons. The molecule has 0 aliphatic carbocycles. The van der Waals surface area contributed by atoms with Gasteiger partial charge >= 0.3 is 11.9 Å². The van der Waals surface area contributed by atoms with Crippen LogP contribution >= 0.6 is 0 Å². The number of rotatable bonds is 6. The standard InChI is InChI=1S/C15H20N2O4/c18-14(19)5-6-16-7-9-17(10-8-16)11-12-1-3-13(4-2-12)15(20)21/h1-4H,5-11H2,(H,18,19)(H,20,21). The van der Waals surface area contributed by atoms with Gasteiger partial charge in [0.25, 0.3) is 0 Å². The zero-order valence-corrected chi connectivity index (χ0v) is 11.9. The van der Waals surface area contributed by atoms with E-state index in [0.717, 1.165) is 38.3 Å². The van der Waals surface area contributed by atoms with Crippen LogP contribution in [-0.2, 0) is 11.3 Å². The molecule has 0 bridgehead atoms. The Labute approximate surface area is 123 Å². The van der Waals surface area contributed by atoms with E-state index in [-0.39, 0.29) is 6.42 Å². The van der Waals surface area contributed by atoms with E-state index >= 15 is 0 Å². The second-order valence-corrected chi connectivity index (χ2v) is 5.26. The van der Waals surface area contributed by atoms with E-state index in [9.17, 15) is 9.59 Å². The van der Waals surface area contributed by atoms with Crippen LogP contribution in [0.2, 0.25) is 0 Å². The fourth-order valence-corrected chi connectivity index (χ4v) is 2.44. The Balaban J connectivity index is 1.78. The van der Waals surface area contributed by atoms with Gasteiger partial charge in [-0.3, -0.25) is 9.69 Å². The molecule has 0 spiro atoms. The summed E-state index contributed by atoms with van der Waals surface area (Å²) in [7, 11) is 0. The van der Waals surface area contributed by atoms with Crippen LogP contribution in [0.1, 0.15) is 22.3 Å². The second-order valence-electron chi connectivity index (χ2n) is 5.26. The first-order chi connectivity index (χ1) is 10.0. The Morgan fingerprint density at radius 1 is 0.952 bits per heavy atom. The van der Waals surface area contributed by atoms with Crippen LogP contribution in [-0.4, -0.2) is 64.7 Å². The molecule has 1 fully saturated rings. The van der Waals surface area contributed by atoms with Crippen LogP contribution in [0.4, 0.5) is 0 Å². The number of carbonyl (C=O) groups is 2. The third-order valence-electron chi connectivity index (χ3n) is 3.71. The molecular weight excluding hydrogens is 272 g/mol. The summed E-state index contributed by atoms with van der Waals surface area (Å²) in [4.78, 5) is 25.8. The molecule has 0 unspecified atom stereocenters. The number of hydrogen-bond donors (Lipinski definition) is 2. The smallest absolute Gasteiger partial charge is 0.335 e. The lowest BCUT2D eigenvalue weighted by Crippen LogP contribution is -2.46. The molecule has 114 valence electrons. The molecule has 1 aliphatic heterocycles. The summed E-state index contributed by atoms with van der Waals surface area (Å²) in [6, 6.07) is 6.95. The third-order valence-corrected chi connectivity index (χ3v) is 3.71. The molecule has 2 rings (SSSR count). The molecule has 0 aromatic heterocycles. The van der Waals surface area contributed by atoms with E-state index in [1.165, 1.54) is 0 Å². The molecule has 1 saturated heterocycles. The zero-order chi connectivity index (χ0) is 15.2. The van der Waals surface area contributed by atoms with Gasteiger partial charge in [0, 0.05) is 39.3 Å². The van der Waals surface area contributed by atoms with Crippen molar-refractivity contribution in [3.05, 3.63) is 35.4 Å². The average Bonchev–Trinajstić information content (AvgIpc) is 2.47. The van der Waals surface area contributed by atoms with Gasteiger partial charge in [-0.25, -0.2) is 4.79 Å². The van der Waals surface area contributed by atoms with Gasteiger partial charge < -0.3 is 15.1 Å². The van der Waals surface area contributed by atoms with E-state index in [1.807, 2.05) is 12.1 Å². The van der Waals surface area contributed by atoms with Gasteiger partial charge in [0.2, 0.25) is 0 Å². The maximum atomic E-state index is 10.8. The molecule has 21 heavy (non-hydrogen) atoms. The van der Waals surface area contributed by atoms with Gasteiger partial charge in [-0.15, -0.1) is 0 Å². The van der Waals surface area contributed by atoms with Crippen molar-refractivity contribution in [2.75, 3.05) is 32.7 Å². The minimum absolute atomic E-state index is 0.191. The number of benzene rings is 1. The quantitative estimate of drug-likeness (QED) is 0.813. The number of carboxylic acid groups (broad SMARTS) is 2. The number of carboxylic acids is 2. The Kier molecular flexibility index (Phi) is 5.30. The van der Waals surface area contributed by atoms with Crippen LogP contribution in [0.3, 0.4) is 0 Å². The summed E-state index contributed by atoms with van der Waals surface area (Å²) in [5.74, 6) is -1.66. The van der Waals surface area contributed by atoms with Gasteiger partial charge in [0.15, 0.2) is 0 Å². The maximum absolute atomic E-state index is 10.8. The fraction of sp³-hybridized carbons (Fsp3) is 0.467. The number of nitrogens with zero attached hydrogens (tertiary/aromatic N) is 2. The van der Waals surface area contributed by atoms with Crippen molar-refractivity contribution in [2.24, 2.45) is 0 Å². The molecule has 1 aromatic carbocycles. The Hall–Kier alpha value is -1.92. The molecule has 2 N–H and O–H groups in total. The fourth-order valence-electron chi connectivity index (χ4n) is 2.44. The average molecular weight is 292 g/mol. The number of piperazine rings is 1. The molecule has 1 heterocycles. The van der Waals surface area contributed by atoms with Gasteiger partial charge in [0.1, 0.15) is 0 Å². The van der Waals surface area contributed by atoms with Crippen molar-refractivity contribution in [1.82, 2.24) is 9.80 Å². The summed E-state index contributed by atoms with van der Waals surface area (Å²) < 4.78 is 0. The van der Waals surface area contributed by atoms with E-state index < -0.39 is 11.9 Å². The highest BCUT2D eigenvalue weighted by Gasteiger charge is 2.17. The first-order valence-corrected chi connectivity index (χ1v) is 7.03. The van der Waals surface area contributed by atoms with Crippen molar-refractivity contribution in [2.45, 2.75) is 13.0 Å². The van der Waals surface area contributed by atoms with Crippen molar-refractivity contribution in [3.63, 3.8) is 0 Å². The van der Waals surface area contributed by atoms with Crippen molar-refractivity contribution >= 4 is 11.9 Å². The van der Waals surface area contributed by atoms with Crippen LogP contribution < -0.4 is 0 Å². The van der Waals surface area contributed by atoms with Crippen LogP contribution in [0.15, 0.2) is 24.3 Å². The van der Waals surface area contributed by atoms with Gasteiger partial charge in [-0.05, 0) is 17.7 Å². The number of aromatic carboxylic acids is 1. The molecule has 0 atom stereocenters. The second kappa shape index (κ2) is 7.19. The topological polar surface area (TPSA) is 81.1 Å². The van der Waals surface area contributed by atoms with E-state index in [4.69, 9.17) is 10.2 Å². The van der Waals surface area contributed by atoms with Crippen molar-refractivity contribution < 1.29 is 19.8 Å². The lowest BCUT2D eigenvalue weighted by Gasteiger charge is -2.34. The third kappa shape index (κ3) is 4.84. The Morgan fingerprint density at radius 2 is 1.52 bits per heavy atom. The minimum atomic E-state index is -0.909.